The van der Waals surface area contributed by atoms with Crippen molar-refractivity contribution in [2.24, 2.45) is 5.92 Å². The smallest absolute Gasteiger partial charge is 0.315 e. The largest absolute Gasteiger partial charge is 0.392 e. The molecule has 5 nitrogen and oxygen atoms in total. The summed E-state index contributed by atoms with van der Waals surface area (Å²) in [4.78, 5) is 14.4. The highest BCUT2D eigenvalue weighted by Crippen LogP contribution is 2.17. The molecule has 2 amide bonds. The third-order valence-electron chi connectivity index (χ3n) is 4.63. The van der Waals surface area contributed by atoms with Gasteiger partial charge in [-0.05, 0) is 49.9 Å². The van der Waals surface area contributed by atoms with Crippen molar-refractivity contribution in [1.29, 1.82) is 0 Å². The van der Waals surface area contributed by atoms with E-state index in [0.717, 1.165) is 30.1 Å². The zero-order valence-corrected chi connectivity index (χ0v) is 14.2. The molecule has 2 rings (SSSR count). The summed E-state index contributed by atoms with van der Waals surface area (Å²) < 4.78 is 0. The number of hydrogen-bond donors (Lipinski definition) is 3. The summed E-state index contributed by atoms with van der Waals surface area (Å²) >= 11 is 0. The predicted octanol–water partition coefficient (Wildman–Crippen LogP) is 2.10. The van der Waals surface area contributed by atoms with Crippen LogP contribution in [0.3, 0.4) is 0 Å². The number of urea groups is 1. The third-order valence-corrected chi connectivity index (χ3v) is 4.63. The van der Waals surface area contributed by atoms with E-state index in [1.54, 1.807) is 0 Å². The maximum Gasteiger partial charge on any atom is 0.315 e. The first-order chi connectivity index (χ1) is 11.1. The van der Waals surface area contributed by atoms with E-state index < -0.39 is 0 Å². The number of aliphatic hydroxyl groups is 1. The lowest BCUT2D eigenvalue weighted by atomic mass is 9.98. The van der Waals surface area contributed by atoms with Crippen molar-refractivity contribution >= 4 is 6.03 Å². The van der Waals surface area contributed by atoms with E-state index in [2.05, 4.69) is 29.4 Å². The third kappa shape index (κ3) is 5.84. The SMILES string of the molecule is CC1CCN([C@H](C)CNC(=O)NCc2cccc(CO)c2)CC1. The van der Waals surface area contributed by atoms with Gasteiger partial charge in [0.05, 0.1) is 6.61 Å². The molecule has 1 aliphatic heterocycles. The van der Waals surface area contributed by atoms with Gasteiger partial charge in [-0.3, -0.25) is 4.90 Å². The average Bonchev–Trinajstić information content (AvgIpc) is 2.58. The first-order valence-electron chi connectivity index (χ1n) is 8.53. The molecule has 1 aliphatic rings. The molecule has 1 fully saturated rings. The number of hydrogen-bond acceptors (Lipinski definition) is 3. The molecule has 0 aliphatic carbocycles. The lowest BCUT2D eigenvalue weighted by molar-refractivity contribution is 0.145. The Morgan fingerprint density at radius 3 is 2.70 bits per heavy atom. The second-order valence-corrected chi connectivity index (χ2v) is 6.61. The topological polar surface area (TPSA) is 64.6 Å². The number of aliphatic hydroxyl groups excluding tert-OH is 1. The first kappa shape index (κ1) is 17.8. The summed E-state index contributed by atoms with van der Waals surface area (Å²) in [6, 6.07) is 7.82. The zero-order chi connectivity index (χ0) is 16.7. The Balaban J connectivity index is 1.68. The van der Waals surface area contributed by atoms with E-state index in [1.807, 2.05) is 24.3 Å². The second kappa shape index (κ2) is 8.89. The Morgan fingerprint density at radius 2 is 2.00 bits per heavy atom. The molecule has 23 heavy (non-hydrogen) atoms. The fourth-order valence-corrected chi connectivity index (χ4v) is 2.92. The van der Waals surface area contributed by atoms with Crippen LogP contribution in [0.25, 0.3) is 0 Å². The predicted molar refractivity (Wildman–Crippen MR) is 92.0 cm³/mol. The van der Waals surface area contributed by atoms with Crippen LogP contribution in [0.4, 0.5) is 4.79 Å². The molecular weight excluding hydrogens is 290 g/mol. The van der Waals surface area contributed by atoms with Gasteiger partial charge in [0.2, 0.25) is 0 Å². The van der Waals surface area contributed by atoms with Gasteiger partial charge in [-0.2, -0.15) is 0 Å². The molecular formula is C18H29N3O2. The van der Waals surface area contributed by atoms with Gasteiger partial charge in [-0.25, -0.2) is 4.79 Å². The van der Waals surface area contributed by atoms with Crippen molar-refractivity contribution in [3.63, 3.8) is 0 Å². The number of carbonyl (C=O) groups excluding carboxylic acids is 1. The fraction of sp³-hybridized carbons (Fsp3) is 0.611. The van der Waals surface area contributed by atoms with Crippen LogP contribution in [0.2, 0.25) is 0 Å². The second-order valence-electron chi connectivity index (χ2n) is 6.61. The van der Waals surface area contributed by atoms with Crippen LogP contribution in [0, 0.1) is 5.92 Å². The molecule has 0 saturated carbocycles. The summed E-state index contributed by atoms with van der Waals surface area (Å²) in [5.74, 6) is 0.824. The molecule has 0 radical (unpaired) electrons. The van der Waals surface area contributed by atoms with E-state index in [-0.39, 0.29) is 12.6 Å². The van der Waals surface area contributed by atoms with Gasteiger partial charge >= 0.3 is 6.03 Å². The normalized spacial score (nSPS) is 17.7. The van der Waals surface area contributed by atoms with E-state index in [4.69, 9.17) is 5.11 Å². The molecule has 0 unspecified atom stereocenters. The molecule has 5 heteroatoms. The van der Waals surface area contributed by atoms with Gasteiger partial charge < -0.3 is 15.7 Å². The highest BCUT2D eigenvalue weighted by atomic mass is 16.3. The number of amides is 2. The van der Waals surface area contributed by atoms with Crippen LogP contribution >= 0.6 is 0 Å². The van der Waals surface area contributed by atoms with E-state index in [9.17, 15) is 4.79 Å². The van der Waals surface area contributed by atoms with Gasteiger partial charge in [0.25, 0.3) is 0 Å². The van der Waals surface area contributed by atoms with Crippen LogP contribution in [-0.4, -0.2) is 41.7 Å². The minimum absolute atomic E-state index is 0.0198. The van der Waals surface area contributed by atoms with Gasteiger partial charge in [0.15, 0.2) is 0 Å². The molecule has 1 aromatic rings. The monoisotopic (exact) mass is 319 g/mol. The van der Waals surface area contributed by atoms with Crippen molar-refractivity contribution in [3.05, 3.63) is 35.4 Å². The Bertz CT molecular complexity index is 499. The quantitative estimate of drug-likeness (QED) is 0.752. The maximum atomic E-state index is 11.9. The molecule has 1 aromatic carbocycles. The van der Waals surface area contributed by atoms with E-state index >= 15 is 0 Å². The van der Waals surface area contributed by atoms with Crippen molar-refractivity contribution in [2.45, 2.75) is 45.9 Å². The Hall–Kier alpha value is -1.59. The molecule has 1 heterocycles. The Morgan fingerprint density at radius 1 is 1.30 bits per heavy atom. The maximum absolute atomic E-state index is 11.9. The molecule has 1 saturated heterocycles. The van der Waals surface area contributed by atoms with Crippen LogP contribution in [-0.2, 0) is 13.2 Å². The molecule has 3 N–H and O–H groups in total. The van der Waals surface area contributed by atoms with Crippen LogP contribution in [0.15, 0.2) is 24.3 Å². The standard InChI is InChI=1S/C18H29N3O2/c1-14-6-8-21(9-7-14)15(2)11-19-18(23)20-12-16-4-3-5-17(10-16)13-22/h3-5,10,14-15,22H,6-9,11-13H2,1-2H3,(H2,19,20,23)/t15-/m1/s1. The Labute approximate surface area is 139 Å². The van der Waals surface area contributed by atoms with Gasteiger partial charge in [0.1, 0.15) is 0 Å². The highest BCUT2D eigenvalue weighted by Gasteiger charge is 2.20. The number of rotatable bonds is 6. The summed E-state index contributed by atoms with van der Waals surface area (Å²) in [5, 5.41) is 14.9. The molecule has 1 atom stereocenters. The van der Waals surface area contributed by atoms with Gasteiger partial charge in [-0.15, -0.1) is 0 Å². The lowest BCUT2D eigenvalue weighted by Gasteiger charge is -2.34. The van der Waals surface area contributed by atoms with Crippen molar-refractivity contribution in [3.8, 4) is 0 Å². The summed E-state index contributed by atoms with van der Waals surface area (Å²) in [6.07, 6.45) is 2.50. The number of likely N-dealkylation sites (tertiary alicyclic amines) is 1. The van der Waals surface area contributed by atoms with Crippen LogP contribution < -0.4 is 10.6 Å². The minimum Gasteiger partial charge on any atom is -0.392 e. The number of carbonyl (C=O) groups is 1. The summed E-state index contributed by atoms with van der Waals surface area (Å²) in [7, 11) is 0. The van der Waals surface area contributed by atoms with Crippen molar-refractivity contribution < 1.29 is 9.90 Å². The first-order valence-corrected chi connectivity index (χ1v) is 8.53. The van der Waals surface area contributed by atoms with Crippen LogP contribution in [0.5, 0.6) is 0 Å². The highest BCUT2D eigenvalue weighted by molar-refractivity contribution is 5.73. The minimum atomic E-state index is -0.142. The van der Waals surface area contributed by atoms with Crippen molar-refractivity contribution in [1.82, 2.24) is 15.5 Å². The number of nitrogens with one attached hydrogen (secondary N) is 2. The Kier molecular flexibility index (Phi) is 6.86. The lowest BCUT2D eigenvalue weighted by Crippen LogP contribution is -2.47. The average molecular weight is 319 g/mol. The zero-order valence-electron chi connectivity index (χ0n) is 14.2. The molecule has 0 spiro atoms. The van der Waals surface area contributed by atoms with E-state index in [1.165, 1.54) is 12.8 Å². The van der Waals surface area contributed by atoms with E-state index in [0.29, 0.717) is 19.1 Å². The van der Waals surface area contributed by atoms with Crippen LogP contribution in [0.1, 0.15) is 37.8 Å². The summed E-state index contributed by atoms with van der Waals surface area (Å²) in [6.45, 7) is 7.87. The number of benzene rings is 1. The number of piperidine rings is 1. The molecule has 0 bridgehead atoms. The van der Waals surface area contributed by atoms with Gasteiger partial charge in [0, 0.05) is 19.1 Å². The molecule has 128 valence electrons. The fourth-order valence-electron chi connectivity index (χ4n) is 2.92. The molecule has 0 aromatic heterocycles. The van der Waals surface area contributed by atoms with Gasteiger partial charge in [-0.1, -0.05) is 31.2 Å². The summed E-state index contributed by atoms with van der Waals surface area (Å²) in [5.41, 5.74) is 1.85. The van der Waals surface area contributed by atoms with Crippen molar-refractivity contribution in [2.75, 3.05) is 19.6 Å². The number of nitrogens with zero attached hydrogens (tertiary/aromatic N) is 1.